The lowest BCUT2D eigenvalue weighted by Crippen LogP contribution is -2.26. The zero-order valence-corrected chi connectivity index (χ0v) is 14.7. The van der Waals surface area contributed by atoms with Crippen LogP contribution in [0.5, 0.6) is 0 Å². The summed E-state index contributed by atoms with van der Waals surface area (Å²) in [7, 11) is 1.78. The summed E-state index contributed by atoms with van der Waals surface area (Å²) in [5, 5.41) is 0.600. The van der Waals surface area contributed by atoms with Crippen LogP contribution in [0, 0.1) is 0 Å². The van der Waals surface area contributed by atoms with Gasteiger partial charge >= 0.3 is 0 Å². The van der Waals surface area contributed by atoms with E-state index in [4.69, 9.17) is 11.6 Å². The van der Waals surface area contributed by atoms with Crippen LogP contribution in [0.2, 0.25) is 5.02 Å². The van der Waals surface area contributed by atoms with E-state index in [9.17, 15) is 4.79 Å². The van der Waals surface area contributed by atoms with Crippen molar-refractivity contribution in [2.75, 3.05) is 7.05 Å². The van der Waals surface area contributed by atoms with Crippen LogP contribution in [-0.2, 0) is 6.54 Å². The maximum atomic E-state index is 12.4. The van der Waals surface area contributed by atoms with E-state index in [1.165, 1.54) is 0 Å². The van der Waals surface area contributed by atoms with Gasteiger partial charge in [-0.2, -0.15) is 0 Å². The van der Waals surface area contributed by atoms with Gasteiger partial charge in [0.15, 0.2) is 0 Å². The smallest absolute Gasteiger partial charge is 0.255 e. The van der Waals surface area contributed by atoms with Gasteiger partial charge in [-0.3, -0.25) is 4.79 Å². The molecule has 0 aromatic heterocycles. The molecule has 0 spiro atoms. The van der Waals surface area contributed by atoms with Crippen LogP contribution in [0.4, 0.5) is 0 Å². The van der Waals surface area contributed by atoms with E-state index in [1.54, 1.807) is 30.1 Å². The molecule has 0 atom stereocenters. The van der Waals surface area contributed by atoms with Crippen LogP contribution in [0.15, 0.2) is 51.4 Å². The molecule has 2 nitrogen and oxygen atoms in total. The van der Waals surface area contributed by atoms with Crippen molar-refractivity contribution in [3.63, 3.8) is 0 Å². The van der Waals surface area contributed by atoms with E-state index in [0.29, 0.717) is 21.6 Å². The van der Waals surface area contributed by atoms with Crippen molar-refractivity contribution in [3.8, 4) is 0 Å². The van der Waals surface area contributed by atoms with Crippen molar-refractivity contribution in [1.82, 2.24) is 4.90 Å². The van der Waals surface area contributed by atoms with E-state index in [2.05, 4.69) is 31.9 Å². The summed E-state index contributed by atoms with van der Waals surface area (Å²) in [5.41, 5.74) is 1.67. The Bertz CT molecular complexity index is 646. The molecular weight excluding hydrogens is 405 g/mol. The average Bonchev–Trinajstić information content (AvgIpc) is 2.38. The van der Waals surface area contributed by atoms with Gasteiger partial charge in [0.25, 0.3) is 5.91 Å². The van der Waals surface area contributed by atoms with E-state index in [0.717, 1.165) is 10.0 Å². The Balaban J connectivity index is 2.16. The first-order valence-electron chi connectivity index (χ1n) is 5.92. The number of rotatable bonds is 3. The summed E-state index contributed by atoms with van der Waals surface area (Å²) in [6, 6.07) is 13.1. The molecule has 2 aromatic carbocycles. The minimum absolute atomic E-state index is 0.0477. The van der Waals surface area contributed by atoms with Gasteiger partial charge in [0.05, 0.1) is 5.56 Å². The molecule has 0 radical (unpaired) electrons. The molecule has 0 aliphatic heterocycles. The highest BCUT2D eigenvalue weighted by Crippen LogP contribution is 2.23. The number of carbonyl (C=O) groups is 1. The number of hydrogen-bond donors (Lipinski definition) is 0. The first-order valence-corrected chi connectivity index (χ1v) is 7.89. The van der Waals surface area contributed by atoms with Gasteiger partial charge in [0.1, 0.15) is 0 Å². The van der Waals surface area contributed by atoms with E-state index in [1.807, 2.05) is 24.3 Å². The summed E-state index contributed by atoms with van der Waals surface area (Å²) in [4.78, 5) is 14.1. The van der Waals surface area contributed by atoms with Crippen molar-refractivity contribution in [3.05, 3.63) is 67.6 Å². The fourth-order valence-electron chi connectivity index (χ4n) is 1.85. The summed E-state index contributed by atoms with van der Waals surface area (Å²) in [6.45, 7) is 0.549. The third kappa shape index (κ3) is 3.84. The van der Waals surface area contributed by atoms with Crippen LogP contribution in [0.1, 0.15) is 15.9 Å². The highest BCUT2D eigenvalue weighted by molar-refractivity contribution is 9.10. The molecule has 0 saturated carbocycles. The van der Waals surface area contributed by atoms with E-state index >= 15 is 0 Å². The molecule has 0 bridgehead atoms. The normalized spacial score (nSPS) is 10.4. The predicted octanol–water partition coefficient (Wildman–Crippen LogP) is 5.14. The molecule has 2 rings (SSSR count). The SMILES string of the molecule is CN(Cc1cccc(Br)c1)C(=O)c1ccc(Cl)cc1Br. The molecule has 0 heterocycles. The van der Waals surface area contributed by atoms with Crippen molar-refractivity contribution in [2.24, 2.45) is 0 Å². The topological polar surface area (TPSA) is 20.3 Å². The van der Waals surface area contributed by atoms with Gasteiger partial charge in [0.2, 0.25) is 0 Å². The average molecular weight is 418 g/mol. The summed E-state index contributed by atoms with van der Waals surface area (Å²) < 4.78 is 1.71. The largest absolute Gasteiger partial charge is 0.337 e. The second kappa shape index (κ2) is 6.74. The van der Waals surface area contributed by atoms with E-state index < -0.39 is 0 Å². The molecule has 0 saturated heterocycles. The molecule has 0 fully saturated rings. The molecular formula is C15H12Br2ClNO. The summed E-state index contributed by atoms with van der Waals surface area (Å²) in [6.07, 6.45) is 0. The van der Waals surface area contributed by atoms with E-state index in [-0.39, 0.29) is 5.91 Å². The van der Waals surface area contributed by atoms with Crippen molar-refractivity contribution in [1.29, 1.82) is 0 Å². The molecule has 5 heteroatoms. The Morgan fingerprint density at radius 3 is 2.60 bits per heavy atom. The molecule has 1 amide bonds. The van der Waals surface area contributed by atoms with Gasteiger partial charge < -0.3 is 4.90 Å². The Hall–Kier alpha value is -0.840. The molecule has 0 N–H and O–H groups in total. The quantitative estimate of drug-likeness (QED) is 0.677. The van der Waals surface area contributed by atoms with Crippen molar-refractivity contribution in [2.45, 2.75) is 6.54 Å². The van der Waals surface area contributed by atoms with Gasteiger partial charge in [-0.25, -0.2) is 0 Å². The second-order valence-electron chi connectivity index (χ2n) is 4.42. The maximum Gasteiger partial charge on any atom is 0.255 e. The number of carbonyl (C=O) groups excluding carboxylic acids is 1. The highest BCUT2D eigenvalue weighted by Gasteiger charge is 2.15. The lowest BCUT2D eigenvalue weighted by Gasteiger charge is -2.18. The molecule has 104 valence electrons. The van der Waals surface area contributed by atoms with Crippen LogP contribution in [0.3, 0.4) is 0 Å². The minimum atomic E-state index is -0.0477. The fourth-order valence-corrected chi connectivity index (χ4v) is 3.15. The summed E-state index contributed by atoms with van der Waals surface area (Å²) >= 11 is 12.7. The highest BCUT2D eigenvalue weighted by atomic mass is 79.9. The second-order valence-corrected chi connectivity index (χ2v) is 6.62. The van der Waals surface area contributed by atoms with Gasteiger partial charge in [0, 0.05) is 27.6 Å². The number of halogens is 3. The predicted molar refractivity (Wildman–Crippen MR) is 89.1 cm³/mol. The Kier molecular flexibility index (Phi) is 5.24. The molecule has 0 aliphatic rings. The van der Waals surface area contributed by atoms with Crippen LogP contribution in [-0.4, -0.2) is 17.9 Å². The minimum Gasteiger partial charge on any atom is -0.337 e. The number of nitrogens with zero attached hydrogens (tertiary/aromatic N) is 1. The summed E-state index contributed by atoms with van der Waals surface area (Å²) in [5.74, 6) is -0.0477. The molecule has 0 aliphatic carbocycles. The number of amides is 1. The first kappa shape index (κ1) is 15.5. The number of hydrogen-bond acceptors (Lipinski definition) is 1. The lowest BCUT2D eigenvalue weighted by molar-refractivity contribution is 0.0784. The zero-order valence-electron chi connectivity index (χ0n) is 10.7. The van der Waals surface area contributed by atoms with Gasteiger partial charge in [-0.05, 0) is 51.8 Å². The first-order chi connectivity index (χ1) is 9.47. The monoisotopic (exact) mass is 415 g/mol. The van der Waals surface area contributed by atoms with Crippen molar-refractivity contribution < 1.29 is 4.79 Å². The molecule has 2 aromatic rings. The third-order valence-corrected chi connectivity index (χ3v) is 4.20. The molecule has 0 unspecified atom stereocenters. The third-order valence-electron chi connectivity index (χ3n) is 2.82. The zero-order chi connectivity index (χ0) is 14.7. The van der Waals surface area contributed by atoms with Crippen molar-refractivity contribution >= 4 is 49.4 Å². The lowest BCUT2D eigenvalue weighted by atomic mass is 10.1. The van der Waals surface area contributed by atoms with Gasteiger partial charge in [-0.1, -0.05) is 39.7 Å². The Morgan fingerprint density at radius 1 is 1.20 bits per heavy atom. The number of benzene rings is 2. The Labute approximate surface area is 140 Å². The van der Waals surface area contributed by atoms with Crippen LogP contribution in [0.25, 0.3) is 0 Å². The Morgan fingerprint density at radius 2 is 1.95 bits per heavy atom. The van der Waals surface area contributed by atoms with Crippen LogP contribution >= 0.6 is 43.5 Å². The maximum absolute atomic E-state index is 12.4. The van der Waals surface area contributed by atoms with Gasteiger partial charge in [-0.15, -0.1) is 0 Å². The fraction of sp³-hybridized carbons (Fsp3) is 0.133. The van der Waals surface area contributed by atoms with Crippen LogP contribution < -0.4 is 0 Å². The molecule has 20 heavy (non-hydrogen) atoms. The standard InChI is InChI=1S/C15H12Br2ClNO/c1-19(9-10-3-2-4-11(16)7-10)15(20)13-6-5-12(18)8-14(13)17/h2-8H,9H2,1H3.